The molecule has 1 aromatic carbocycles. The maximum absolute atomic E-state index is 12.8. The summed E-state index contributed by atoms with van der Waals surface area (Å²) < 4.78 is 1.58. The van der Waals surface area contributed by atoms with Crippen LogP contribution < -0.4 is 5.32 Å². The average Bonchev–Trinajstić information content (AvgIpc) is 3.27. The third-order valence-corrected chi connectivity index (χ3v) is 5.00. The smallest absolute Gasteiger partial charge is 0.277 e. The third kappa shape index (κ3) is 3.61. The highest BCUT2D eigenvalue weighted by Gasteiger charge is 2.23. The van der Waals surface area contributed by atoms with Gasteiger partial charge in [-0.1, -0.05) is 23.7 Å². The molecule has 3 aromatic rings. The van der Waals surface area contributed by atoms with Crippen molar-refractivity contribution >= 4 is 23.3 Å². The molecule has 1 amide bonds. The summed E-state index contributed by atoms with van der Waals surface area (Å²) >= 11 is 5.94. The molecule has 1 aliphatic rings. The molecule has 0 bridgehead atoms. The zero-order valence-electron chi connectivity index (χ0n) is 14.7. The number of hydrogen-bond donors (Lipinski definition) is 3. The van der Waals surface area contributed by atoms with Crippen LogP contribution in [0.2, 0.25) is 5.02 Å². The van der Waals surface area contributed by atoms with E-state index in [4.69, 9.17) is 11.6 Å². The number of hydrogen-bond acceptors (Lipinski definition) is 4. The first-order valence-electron chi connectivity index (χ1n) is 8.98. The predicted octanol–water partition coefficient (Wildman–Crippen LogP) is 3.05. The zero-order valence-corrected chi connectivity index (χ0v) is 15.5. The first-order chi connectivity index (χ1) is 13.2. The van der Waals surface area contributed by atoms with Gasteiger partial charge in [0.15, 0.2) is 5.69 Å². The molecule has 140 valence electrons. The van der Waals surface area contributed by atoms with Crippen molar-refractivity contribution in [2.24, 2.45) is 0 Å². The van der Waals surface area contributed by atoms with Crippen molar-refractivity contribution in [1.29, 1.82) is 0 Å². The van der Waals surface area contributed by atoms with Gasteiger partial charge in [0.2, 0.25) is 0 Å². The number of halogens is 1. The van der Waals surface area contributed by atoms with Crippen LogP contribution in [0.3, 0.4) is 0 Å². The van der Waals surface area contributed by atoms with Crippen molar-refractivity contribution in [3.8, 4) is 11.3 Å². The maximum Gasteiger partial charge on any atom is 0.277 e. The summed E-state index contributed by atoms with van der Waals surface area (Å²) in [5, 5.41) is 24.6. The number of carbonyl (C=O) groups excluding carboxylic acids is 1. The Labute approximate surface area is 161 Å². The molecule has 0 aliphatic heterocycles. The lowest BCUT2D eigenvalue weighted by atomic mass is 9.96. The fraction of sp³-hybridized carbons (Fsp3) is 0.316. The van der Waals surface area contributed by atoms with E-state index in [0.717, 1.165) is 42.5 Å². The Morgan fingerprint density at radius 2 is 2.04 bits per heavy atom. The Morgan fingerprint density at radius 1 is 1.26 bits per heavy atom. The number of nitrogens with zero attached hydrogens (tertiary/aromatic N) is 3. The summed E-state index contributed by atoms with van der Waals surface area (Å²) in [5.41, 5.74) is 4.07. The van der Waals surface area contributed by atoms with E-state index in [1.54, 1.807) is 22.9 Å². The highest BCUT2D eigenvalue weighted by atomic mass is 35.5. The van der Waals surface area contributed by atoms with E-state index in [2.05, 4.69) is 20.6 Å². The molecule has 7 nitrogen and oxygen atoms in total. The van der Waals surface area contributed by atoms with Gasteiger partial charge in [0.25, 0.3) is 5.91 Å². The summed E-state index contributed by atoms with van der Waals surface area (Å²) in [5.74, 6) is 0.253. The Hall–Kier alpha value is -2.64. The molecule has 0 atom stereocenters. The Bertz CT molecular complexity index is 961. The van der Waals surface area contributed by atoms with Crippen LogP contribution in [-0.2, 0) is 19.4 Å². The quantitative estimate of drug-likeness (QED) is 0.629. The first-order valence-corrected chi connectivity index (χ1v) is 9.35. The number of rotatable bonds is 5. The van der Waals surface area contributed by atoms with Crippen molar-refractivity contribution in [2.75, 3.05) is 11.9 Å². The summed E-state index contributed by atoms with van der Waals surface area (Å²) in [7, 11) is 0. The van der Waals surface area contributed by atoms with Gasteiger partial charge in [-0.05, 0) is 37.8 Å². The van der Waals surface area contributed by atoms with Crippen molar-refractivity contribution in [2.45, 2.75) is 32.2 Å². The van der Waals surface area contributed by atoms with Crippen molar-refractivity contribution in [1.82, 2.24) is 20.0 Å². The van der Waals surface area contributed by atoms with Crippen LogP contribution in [0.15, 0.2) is 30.3 Å². The van der Waals surface area contributed by atoms with E-state index in [9.17, 15) is 9.90 Å². The second-order valence-corrected chi connectivity index (χ2v) is 7.00. The van der Waals surface area contributed by atoms with Crippen LogP contribution in [0, 0.1) is 0 Å². The van der Waals surface area contributed by atoms with Crippen molar-refractivity contribution < 1.29 is 9.90 Å². The highest BCUT2D eigenvalue weighted by Crippen LogP contribution is 2.26. The van der Waals surface area contributed by atoms with Gasteiger partial charge in [-0.15, -0.1) is 0 Å². The number of benzene rings is 1. The molecule has 2 heterocycles. The number of H-pyrrole nitrogens is 1. The monoisotopic (exact) mass is 385 g/mol. The molecule has 0 radical (unpaired) electrons. The number of fused-ring (bicyclic) bond motifs is 1. The van der Waals surface area contributed by atoms with Gasteiger partial charge < -0.3 is 10.4 Å². The number of aliphatic hydroxyl groups is 1. The first kappa shape index (κ1) is 17.8. The summed E-state index contributed by atoms with van der Waals surface area (Å²) in [6.45, 7) is 0.199. The van der Waals surface area contributed by atoms with Gasteiger partial charge in [0.1, 0.15) is 5.82 Å². The molecule has 3 N–H and O–H groups in total. The van der Waals surface area contributed by atoms with E-state index >= 15 is 0 Å². The third-order valence-electron chi connectivity index (χ3n) is 4.74. The van der Waals surface area contributed by atoms with Crippen LogP contribution in [0.5, 0.6) is 0 Å². The highest BCUT2D eigenvalue weighted by molar-refractivity contribution is 6.30. The van der Waals surface area contributed by atoms with Crippen LogP contribution in [0.25, 0.3) is 11.3 Å². The minimum Gasteiger partial charge on any atom is -0.394 e. The SMILES string of the molecule is O=C(Nc1cc(-c2ccc(Cl)cc2)nn1CCO)c1n[nH]c2c1CCCC2. The Balaban J connectivity index is 1.61. The van der Waals surface area contributed by atoms with E-state index in [-0.39, 0.29) is 19.1 Å². The van der Waals surface area contributed by atoms with E-state index in [1.807, 2.05) is 12.1 Å². The average molecular weight is 386 g/mol. The van der Waals surface area contributed by atoms with Crippen LogP contribution in [0.4, 0.5) is 5.82 Å². The second kappa shape index (κ2) is 7.54. The number of aliphatic hydroxyl groups excluding tert-OH is 1. The Morgan fingerprint density at radius 3 is 2.81 bits per heavy atom. The summed E-state index contributed by atoms with van der Waals surface area (Å²) in [6.07, 6.45) is 3.97. The minimum atomic E-state index is -0.267. The molecule has 0 saturated heterocycles. The topological polar surface area (TPSA) is 95.8 Å². The number of aromatic amines is 1. The molecule has 0 fully saturated rings. The number of aryl methyl sites for hydroxylation is 1. The largest absolute Gasteiger partial charge is 0.394 e. The number of aromatic nitrogens is 4. The zero-order chi connectivity index (χ0) is 18.8. The number of carbonyl (C=O) groups is 1. The molecule has 2 aromatic heterocycles. The Kier molecular flexibility index (Phi) is 4.96. The summed E-state index contributed by atoms with van der Waals surface area (Å²) in [6, 6.07) is 9.09. The number of anilines is 1. The van der Waals surface area contributed by atoms with Gasteiger partial charge >= 0.3 is 0 Å². The number of amides is 1. The predicted molar refractivity (Wildman–Crippen MR) is 103 cm³/mol. The van der Waals surface area contributed by atoms with Gasteiger partial charge in [-0.2, -0.15) is 10.2 Å². The normalized spacial score (nSPS) is 13.4. The fourth-order valence-electron chi connectivity index (χ4n) is 3.39. The standard InChI is InChI=1S/C19H20ClN5O2/c20-13-7-5-12(6-8-13)16-11-17(25(24-16)9-10-26)21-19(27)18-14-3-1-2-4-15(14)22-23-18/h5-8,11,26H,1-4,9-10H2,(H,21,27)(H,22,23). The molecule has 0 unspecified atom stereocenters. The molecule has 27 heavy (non-hydrogen) atoms. The molecule has 1 aliphatic carbocycles. The van der Waals surface area contributed by atoms with E-state index in [1.165, 1.54) is 0 Å². The molecule has 8 heteroatoms. The maximum atomic E-state index is 12.8. The van der Waals surface area contributed by atoms with Gasteiger partial charge in [-0.25, -0.2) is 4.68 Å². The van der Waals surface area contributed by atoms with Gasteiger partial charge in [0.05, 0.1) is 18.8 Å². The van der Waals surface area contributed by atoms with Crippen molar-refractivity contribution in [3.05, 3.63) is 52.3 Å². The number of nitrogens with one attached hydrogen (secondary N) is 2. The molecular formula is C19H20ClN5O2. The molecule has 0 saturated carbocycles. The molecule has 0 spiro atoms. The molecular weight excluding hydrogens is 366 g/mol. The van der Waals surface area contributed by atoms with Gasteiger partial charge in [-0.3, -0.25) is 9.89 Å². The lowest BCUT2D eigenvalue weighted by Crippen LogP contribution is -2.19. The van der Waals surface area contributed by atoms with E-state index < -0.39 is 0 Å². The fourth-order valence-corrected chi connectivity index (χ4v) is 3.51. The van der Waals surface area contributed by atoms with Crippen LogP contribution in [0.1, 0.15) is 34.6 Å². The van der Waals surface area contributed by atoms with Crippen molar-refractivity contribution in [3.63, 3.8) is 0 Å². The second-order valence-electron chi connectivity index (χ2n) is 6.56. The van der Waals surface area contributed by atoms with Crippen LogP contribution in [-0.4, -0.2) is 37.6 Å². The minimum absolute atomic E-state index is 0.0809. The van der Waals surface area contributed by atoms with E-state index in [0.29, 0.717) is 22.2 Å². The van der Waals surface area contributed by atoms with Crippen LogP contribution >= 0.6 is 11.6 Å². The lowest BCUT2D eigenvalue weighted by Gasteiger charge is -2.11. The summed E-state index contributed by atoms with van der Waals surface area (Å²) in [4.78, 5) is 12.8. The van der Waals surface area contributed by atoms with Gasteiger partial charge in [0, 0.05) is 27.9 Å². The lowest BCUT2D eigenvalue weighted by molar-refractivity contribution is 0.102. The molecule has 4 rings (SSSR count).